The molecule has 3 heteroatoms. The molecule has 1 N–H and O–H groups in total. The van der Waals surface area contributed by atoms with Crippen LogP contribution in [0, 0.1) is 6.92 Å². The van der Waals surface area contributed by atoms with Crippen LogP contribution in [-0.4, -0.2) is 13.0 Å². The van der Waals surface area contributed by atoms with E-state index in [9.17, 15) is 4.79 Å². The number of methoxy groups -OCH3 is 1. The number of rotatable bonds is 1. The van der Waals surface area contributed by atoms with Gasteiger partial charge in [0.1, 0.15) is 5.75 Å². The van der Waals surface area contributed by atoms with Crippen LogP contribution in [0.15, 0.2) is 12.1 Å². The van der Waals surface area contributed by atoms with E-state index in [1.165, 1.54) is 5.56 Å². The van der Waals surface area contributed by atoms with Crippen LogP contribution in [0.5, 0.6) is 5.75 Å². The molecule has 0 aromatic heterocycles. The summed E-state index contributed by atoms with van der Waals surface area (Å²) in [5.74, 6) is 0.916. The monoisotopic (exact) mass is 191 g/mol. The fourth-order valence-corrected chi connectivity index (χ4v) is 1.80. The van der Waals surface area contributed by atoms with Crippen LogP contribution < -0.4 is 10.1 Å². The van der Waals surface area contributed by atoms with E-state index in [0.29, 0.717) is 6.42 Å². The molecule has 0 saturated carbocycles. The summed E-state index contributed by atoms with van der Waals surface area (Å²) in [5.41, 5.74) is 3.14. The number of benzene rings is 1. The van der Waals surface area contributed by atoms with Gasteiger partial charge in [-0.15, -0.1) is 0 Å². The molecule has 1 amide bonds. The number of nitrogens with one attached hydrogen (secondary N) is 1. The highest BCUT2D eigenvalue weighted by molar-refractivity contribution is 5.95. The minimum atomic E-state index is 0.0915. The molecule has 0 aliphatic carbocycles. The number of fused-ring (bicyclic) bond motifs is 1. The van der Waals surface area contributed by atoms with E-state index >= 15 is 0 Å². The summed E-state index contributed by atoms with van der Waals surface area (Å²) in [6, 6.07) is 3.96. The molecule has 2 rings (SSSR count). The second-order valence-corrected chi connectivity index (χ2v) is 3.48. The molecule has 14 heavy (non-hydrogen) atoms. The highest BCUT2D eigenvalue weighted by Crippen LogP contribution is 2.32. The van der Waals surface area contributed by atoms with Gasteiger partial charge in [0.2, 0.25) is 5.91 Å². The lowest BCUT2D eigenvalue weighted by atomic mass is 9.99. The van der Waals surface area contributed by atoms with Crippen molar-refractivity contribution in [2.75, 3.05) is 12.4 Å². The SMILES string of the molecule is COc1ccc2c(c1C)NC(=O)CC2. The largest absolute Gasteiger partial charge is 0.496 e. The molecule has 0 radical (unpaired) electrons. The number of ether oxygens (including phenoxy) is 1. The van der Waals surface area contributed by atoms with Crippen molar-refractivity contribution in [1.29, 1.82) is 0 Å². The summed E-state index contributed by atoms with van der Waals surface area (Å²) in [6.07, 6.45) is 1.41. The van der Waals surface area contributed by atoms with Crippen LogP contribution in [0.2, 0.25) is 0 Å². The molecule has 3 nitrogen and oxygen atoms in total. The molecule has 0 spiro atoms. The normalized spacial score (nSPS) is 14.6. The third kappa shape index (κ3) is 1.35. The number of hydrogen-bond donors (Lipinski definition) is 1. The molecule has 1 aliphatic rings. The highest BCUT2D eigenvalue weighted by atomic mass is 16.5. The average molecular weight is 191 g/mol. The zero-order valence-corrected chi connectivity index (χ0v) is 8.39. The van der Waals surface area contributed by atoms with Gasteiger partial charge in [0.15, 0.2) is 0 Å². The maximum absolute atomic E-state index is 11.2. The number of carbonyl (C=O) groups excluding carboxylic acids is 1. The summed E-state index contributed by atoms with van der Waals surface area (Å²) in [4.78, 5) is 11.2. The fourth-order valence-electron chi connectivity index (χ4n) is 1.80. The van der Waals surface area contributed by atoms with Gasteiger partial charge in [-0.3, -0.25) is 4.79 Å². The van der Waals surface area contributed by atoms with Crippen LogP contribution in [0.4, 0.5) is 5.69 Å². The molecule has 0 atom stereocenters. The van der Waals surface area contributed by atoms with Gasteiger partial charge in [-0.25, -0.2) is 0 Å². The standard InChI is InChI=1S/C11H13NO2/c1-7-9(14-2)5-3-8-4-6-10(13)12-11(7)8/h3,5H,4,6H2,1-2H3,(H,12,13). The average Bonchev–Trinajstić information content (AvgIpc) is 2.20. The first kappa shape index (κ1) is 9.06. The fraction of sp³-hybridized carbons (Fsp3) is 0.364. The summed E-state index contributed by atoms with van der Waals surface area (Å²) in [6.45, 7) is 1.96. The molecule has 1 aromatic rings. The molecular weight excluding hydrogens is 178 g/mol. The van der Waals surface area contributed by atoms with Crippen molar-refractivity contribution in [2.45, 2.75) is 19.8 Å². The van der Waals surface area contributed by atoms with Gasteiger partial charge in [0, 0.05) is 12.0 Å². The van der Waals surface area contributed by atoms with E-state index in [1.807, 2.05) is 19.1 Å². The molecule has 0 fully saturated rings. The first-order valence-electron chi connectivity index (χ1n) is 4.68. The molecule has 1 aliphatic heterocycles. The van der Waals surface area contributed by atoms with Crippen molar-refractivity contribution < 1.29 is 9.53 Å². The molecule has 1 heterocycles. The molecule has 1 aromatic carbocycles. The summed E-state index contributed by atoms with van der Waals surface area (Å²) in [5, 5.41) is 2.88. The lowest BCUT2D eigenvalue weighted by molar-refractivity contribution is -0.116. The van der Waals surface area contributed by atoms with E-state index < -0.39 is 0 Å². The number of anilines is 1. The number of hydrogen-bond acceptors (Lipinski definition) is 2. The summed E-state index contributed by atoms with van der Waals surface area (Å²) >= 11 is 0. The zero-order chi connectivity index (χ0) is 10.1. The van der Waals surface area contributed by atoms with E-state index in [1.54, 1.807) is 7.11 Å². The van der Waals surface area contributed by atoms with E-state index in [-0.39, 0.29) is 5.91 Å². The van der Waals surface area contributed by atoms with Crippen molar-refractivity contribution >= 4 is 11.6 Å². The Labute approximate surface area is 83.1 Å². The summed E-state index contributed by atoms with van der Waals surface area (Å²) in [7, 11) is 1.64. The first-order valence-corrected chi connectivity index (χ1v) is 4.68. The third-order valence-corrected chi connectivity index (χ3v) is 2.61. The minimum Gasteiger partial charge on any atom is -0.496 e. The van der Waals surface area contributed by atoms with Gasteiger partial charge in [0.25, 0.3) is 0 Å². The van der Waals surface area contributed by atoms with Crippen LogP contribution in [0.3, 0.4) is 0 Å². The van der Waals surface area contributed by atoms with Crippen molar-refractivity contribution in [3.63, 3.8) is 0 Å². The van der Waals surface area contributed by atoms with Gasteiger partial charge < -0.3 is 10.1 Å². The quantitative estimate of drug-likeness (QED) is 0.736. The van der Waals surface area contributed by atoms with Gasteiger partial charge in [-0.2, -0.15) is 0 Å². The maximum Gasteiger partial charge on any atom is 0.224 e. The number of amides is 1. The molecular formula is C11H13NO2. The second-order valence-electron chi connectivity index (χ2n) is 3.48. The molecule has 0 saturated heterocycles. The van der Waals surface area contributed by atoms with E-state index in [2.05, 4.69) is 5.32 Å². The Kier molecular flexibility index (Phi) is 2.15. The Balaban J connectivity index is 2.50. The van der Waals surface area contributed by atoms with Crippen molar-refractivity contribution in [2.24, 2.45) is 0 Å². The Morgan fingerprint density at radius 3 is 2.86 bits per heavy atom. The van der Waals surface area contributed by atoms with Gasteiger partial charge >= 0.3 is 0 Å². The van der Waals surface area contributed by atoms with Crippen molar-refractivity contribution in [1.82, 2.24) is 0 Å². The van der Waals surface area contributed by atoms with Crippen LogP contribution >= 0.6 is 0 Å². The van der Waals surface area contributed by atoms with Crippen LogP contribution in [-0.2, 0) is 11.2 Å². The second kappa shape index (κ2) is 3.33. The molecule has 0 bridgehead atoms. The molecule has 74 valence electrons. The van der Waals surface area contributed by atoms with Crippen molar-refractivity contribution in [3.8, 4) is 5.75 Å². The van der Waals surface area contributed by atoms with Crippen molar-refractivity contribution in [3.05, 3.63) is 23.3 Å². The maximum atomic E-state index is 11.2. The lowest BCUT2D eigenvalue weighted by Crippen LogP contribution is -2.20. The van der Waals surface area contributed by atoms with Gasteiger partial charge in [-0.1, -0.05) is 6.07 Å². The van der Waals surface area contributed by atoms with Gasteiger partial charge in [0.05, 0.1) is 12.8 Å². The number of aryl methyl sites for hydroxylation is 1. The summed E-state index contributed by atoms with van der Waals surface area (Å²) < 4.78 is 5.19. The highest BCUT2D eigenvalue weighted by Gasteiger charge is 2.18. The first-order chi connectivity index (χ1) is 6.72. The Hall–Kier alpha value is -1.51. The Bertz CT molecular complexity index is 385. The number of carbonyl (C=O) groups is 1. The van der Waals surface area contributed by atoms with Crippen LogP contribution in [0.25, 0.3) is 0 Å². The minimum absolute atomic E-state index is 0.0915. The van der Waals surface area contributed by atoms with E-state index in [4.69, 9.17) is 4.74 Å². The van der Waals surface area contributed by atoms with Crippen LogP contribution in [0.1, 0.15) is 17.5 Å². The Morgan fingerprint density at radius 1 is 1.36 bits per heavy atom. The van der Waals surface area contributed by atoms with E-state index in [0.717, 1.165) is 23.4 Å². The zero-order valence-electron chi connectivity index (χ0n) is 8.39. The predicted octanol–water partition coefficient (Wildman–Crippen LogP) is 1.89. The smallest absolute Gasteiger partial charge is 0.224 e. The molecule has 0 unspecified atom stereocenters. The lowest BCUT2D eigenvalue weighted by Gasteiger charge is -2.20. The Morgan fingerprint density at radius 2 is 2.14 bits per heavy atom. The predicted molar refractivity (Wildman–Crippen MR) is 54.7 cm³/mol. The topological polar surface area (TPSA) is 38.3 Å². The van der Waals surface area contributed by atoms with Gasteiger partial charge in [-0.05, 0) is 25.0 Å². The third-order valence-electron chi connectivity index (χ3n) is 2.61.